The van der Waals surface area contributed by atoms with Crippen LogP contribution in [-0.2, 0) is 0 Å². The first kappa shape index (κ1) is 19.1. The summed E-state index contributed by atoms with van der Waals surface area (Å²) in [6.07, 6.45) is 7.78. The van der Waals surface area contributed by atoms with E-state index in [1.165, 1.54) is 0 Å². The van der Waals surface area contributed by atoms with Gasteiger partial charge in [-0.1, -0.05) is 30.3 Å². The van der Waals surface area contributed by atoms with Gasteiger partial charge in [0.1, 0.15) is 0 Å². The quantitative estimate of drug-likeness (QED) is 0.618. The number of fused-ring (bicyclic) bond motifs is 2. The second kappa shape index (κ2) is 8.11. The number of hydrogen-bond donors (Lipinski definition) is 2. The maximum Gasteiger partial charge on any atom is 0.251 e. The summed E-state index contributed by atoms with van der Waals surface area (Å²) >= 11 is 0. The molecule has 0 spiro atoms. The fraction of sp³-hybridized carbons (Fsp3) is 0.240. The Bertz CT molecular complexity index is 1120. The third-order valence-corrected chi connectivity index (χ3v) is 6.26. The predicted molar refractivity (Wildman–Crippen MR) is 119 cm³/mol. The fourth-order valence-corrected chi connectivity index (χ4v) is 4.77. The summed E-state index contributed by atoms with van der Waals surface area (Å²) in [5.41, 5.74) is 4.55. The molecule has 1 aliphatic heterocycles. The van der Waals surface area contributed by atoms with E-state index < -0.39 is 0 Å². The fourth-order valence-electron chi connectivity index (χ4n) is 4.77. The molecule has 3 aromatic rings. The number of carbonyl (C=O) groups excluding carboxylic acids is 1. The van der Waals surface area contributed by atoms with E-state index in [1.54, 1.807) is 12.4 Å². The number of anilines is 2. The Morgan fingerprint density at radius 2 is 1.87 bits per heavy atom. The highest BCUT2D eigenvalue weighted by Crippen LogP contribution is 2.37. The summed E-state index contributed by atoms with van der Waals surface area (Å²) in [7, 11) is 0. The Balaban J connectivity index is 1.31. The van der Waals surface area contributed by atoms with E-state index in [1.807, 2.05) is 65.6 Å². The van der Waals surface area contributed by atoms with Gasteiger partial charge in [0.05, 0.1) is 24.0 Å². The molecule has 1 aliphatic carbocycles. The largest absolute Gasteiger partial charge is 0.354 e. The first-order valence-electron chi connectivity index (χ1n) is 10.5. The molecule has 1 amide bonds. The first-order chi connectivity index (χ1) is 15.2. The van der Waals surface area contributed by atoms with Crippen molar-refractivity contribution in [2.75, 3.05) is 11.9 Å². The molecule has 0 radical (unpaired) electrons. The van der Waals surface area contributed by atoms with Gasteiger partial charge in [-0.3, -0.25) is 9.78 Å². The Hall–Kier alpha value is -3.85. The van der Waals surface area contributed by atoms with Crippen LogP contribution in [0.25, 0.3) is 11.1 Å². The number of hydrogen-bond acceptors (Lipinski definition) is 5. The molecular formula is C25H23N5O. The second-order valence-corrected chi connectivity index (χ2v) is 8.23. The minimum atomic E-state index is -0.0839. The summed E-state index contributed by atoms with van der Waals surface area (Å²) in [6, 6.07) is 19.7. The normalized spacial score (nSPS) is 21.5. The van der Waals surface area contributed by atoms with Crippen LogP contribution in [0.15, 0.2) is 73.1 Å². The van der Waals surface area contributed by atoms with Crippen LogP contribution in [0.3, 0.4) is 0 Å². The summed E-state index contributed by atoms with van der Waals surface area (Å²) in [6.45, 7) is 0.827. The van der Waals surface area contributed by atoms with Gasteiger partial charge in [0.2, 0.25) is 0 Å². The Morgan fingerprint density at radius 1 is 1.06 bits per heavy atom. The molecule has 2 aliphatic rings. The van der Waals surface area contributed by atoms with Gasteiger partial charge in [-0.25, -0.2) is 0 Å². The van der Waals surface area contributed by atoms with Crippen molar-refractivity contribution in [1.29, 1.82) is 5.26 Å². The van der Waals surface area contributed by atoms with Crippen molar-refractivity contribution in [1.82, 2.24) is 15.2 Å². The van der Waals surface area contributed by atoms with E-state index in [0.717, 1.165) is 41.9 Å². The van der Waals surface area contributed by atoms with Gasteiger partial charge in [-0.15, -0.1) is 0 Å². The molecule has 154 valence electrons. The topological polar surface area (TPSA) is 81.1 Å². The van der Waals surface area contributed by atoms with Gasteiger partial charge in [0.15, 0.2) is 6.19 Å². The lowest BCUT2D eigenvalue weighted by atomic mass is 10.0. The molecule has 6 heteroatoms. The van der Waals surface area contributed by atoms with E-state index in [2.05, 4.69) is 21.8 Å². The molecule has 2 heterocycles. The predicted octanol–water partition coefficient (Wildman–Crippen LogP) is 4.17. The zero-order valence-corrected chi connectivity index (χ0v) is 17.0. The number of para-hydroxylation sites is 1. The molecule has 3 atom stereocenters. The molecule has 31 heavy (non-hydrogen) atoms. The summed E-state index contributed by atoms with van der Waals surface area (Å²) in [5, 5.41) is 15.8. The van der Waals surface area contributed by atoms with Crippen LogP contribution in [-0.4, -0.2) is 34.4 Å². The average molecular weight is 409 g/mol. The number of carbonyl (C=O) groups is 1. The molecule has 3 unspecified atom stereocenters. The number of piperidine rings is 1. The third-order valence-electron chi connectivity index (χ3n) is 6.26. The number of nitrogens with zero attached hydrogens (tertiary/aromatic N) is 3. The minimum Gasteiger partial charge on any atom is -0.354 e. The zero-order chi connectivity index (χ0) is 21.2. The molecule has 2 aromatic carbocycles. The van der Waals surface area contributed by atoms with Crippen molar-refractivity contribution in [2.24, 2.45) is 5.92 Å². The van der Waals surface area contributed by atoms with Gasteiger partial charge in [0, 0.05) is 29.6 Å². The van der Waals surface area contributed by atoms with Crippen LogP contribution in [0.2, 0.25) is 0 Å². The number of nitrogens with one attached hydrogen (secondary N) is 2. The number of aromatic nitrogens is 1. The Kier molecular flexibility index (Phi) is 5.01. The standard InChI is InChI=1S/C25H23N5O/c26-16-30-15-17-12-22(24(30)13-17)29-25(31)19-8-6-18(7-9-19)21-10-11-27-14-23(21)28-20-4-2-1-3-5-20/h1-11,14,17,22,24,28H,12-13,15H2,(H,29,31). The van der Waals surface area contributed by atoms with Crippen LogP contribution < -0.4 is 10.6 Å². The van der Waals surface area contributed by atoms with E-state index in [-0.39, 0.29) is 18.0 Å². The van der Waals surface area contributed by atoms with E-state index in [4.69, 9.17) is 0 Å². The van der Waals surface area contributed by atoms with Crippen LogP contribution in [0.4, 0.5) is 11.4 Å². The van der Waals surface area contributed by atoms with E-state index in [9.17, 15) is 10.1 Å². The molecule has 2 fully saturated rings. The van der Waals surface area contributed by atoms with Crippen molar-refractivity contribution in [3.8, 4) is 17.3 Å². The minimum absolute atomic E-state index is 0.0486. The number of rotatable bonds is 5. The lowest BCUT2D eigenvalue weighted by Crippen LogP contribution is -2.48. The number of nitriles is 1. The van der Waals surface area contributed by atoms with Crippen molar-refractivity contribution in [3.05, 3.63) is 78.6 Å². The molecule has 1 aromatic heterocycles. The van der Waals surface area contributed by atoms with Crippen molar-refractivity contribution >= 4 is 17.3 Å². The zero-order valence-electron chi connectivity index (χ0n) is 17.0. The van der Waals surface area contributed by atoms with Crippen LogP contribution in [0, 0.1) is 17.4 Å². The van der Waals surface area contributed by atoms with Gasteiger partial charge < -0.3 is 15.5 Å². The number of pyridine rings is 1. The van der Waals surface area contributed by atoms with E-state index in [0.29, 0.717) is 11.5 Å². The molecule has 5 rings (SSSR count). The van der Waals surface area contributed by atoms with Crippen LogP contribution >= 0.6 is 0 Å². The highest BCUT2D eigenvalue weighted by atomic mass is 16.1. The lowest BCUT2D eigenvalue weighted by Gasteiger charge is -2.29. The Labute approximate surface area is 181 Å². The summed E-state index contributed by atoms with van der Waals surface area (Å²) < 4.78 is 0. The van der Waals surface area contributed by atoms with Crippen molar-refractivity contribution < 1.29 is 4.79 Å². The van der Waals surface area contributed by atoms with Gasteiger partial charge >= 0.3 is 0 Å². The van der Waals surface area contributed by atoms with Gasteiger partial charge in [-0.2, -0.15) is 5.26 Å². The smallest absolute Gasteiger partial charge is 0.251 e. The molecule has 1 saturated heterocycles. The highest BCUT2D eigenvalue weighted by molar-refractivity contribution is 5.95. The summed E-state index contributed by atoms with van der Waals surface area (Å²) in [4.78, 5) is 18.9. The average Bonchev–Trinajstić information content (AvgIpc) is 3.40. The molecular weight excluding hydrogens is 386 g/mol. The van der Waals surface area contributed by atoms with Gasteiger partial charge in [-0.05, 0) is 54.7 Å². The SMILES string of the molecule is N#CN1CC2CC(NC(=O)c3ccc(-c4ccncc4Nc4ccccc4)cc3)C1C2. The van der Waals surface area contributed by atoms with Crippen LogP contribution in [0.1, 0.15) is 23.2 Å². The second-order valence-electron chi connectivity index (χ2n) is 8.23. The molecule has 6 nitrogen and oxygen atoms in total. The van der Waals surface area contributed by atoms with Crippen molar-refractivity contribution in [3.63, 3.8) is 0 Å². The summed E-state index contributed by atoms with van der Waals surface area (Å²) in [5.74, 6) is 0.430. The maximum absolute atomic E-state index is 12.8. The molecule has 1 saturated carbocycles. The van der Waals surface area contributed by atoms with E-state index >= 15 is 0 Å². The lowest BCUT2D eigenvalue weighted by molar-refractivity contribution is 0.0912. The maximum atomic E-state index is 12.8. The van der Waals surface area contributed by atoms with Crippen molar-refractivity contribution in [2.45, 2.75) is 24.9 Å². The number of benzene rings is 2. The first-order valence-corrected chi connectivity index (χ1v) is 10.5. The van der Waals surface area contributed by atoms with Gasteiger partial charge in [0.25, 0.3) is 5.91 Å². The highest BCUT2D eigenvalue weighted by Gasteiger charge is 2.45. The number of amides is 1. The third kappa shape index (κ3) is 3.82. The molecule has 2 bridgehead atoms. The molecule has 2 N–H and O–H groups in total. The number of likely N-dealkylation sites (tertiary alicyclic amines) is 1. The van der Waals surface area contributed by atoms with Crippen LogP contribution in [0.5, 0.6) is 0 Å². The Morgan fingerprint density at radius 3 is 2.61 bits per heavy atom. The monoisotopic (exact) mass is 409 g/mol.